The van der Waals surface area contributed by atoms with Gasteiger partial charge in [-0.2, -0.15) is 0 Å². The predicted octanol–water partition coefficient (Wildman–Crippen LogP) is 2.84. The molecule has 0 unspecified atom stereocenters. The van der Waals surface area contributed by atoms with Crippen molar-refractivity contribution in [2.45, 2.75) is 31.7 Å². The molecule has 0 aliphatic heterocycles. The first-order valence-electron chi connectivity index (χ1n) is 7.33. The van der Waals surface area contributed by atoms with E-state index >= 15 is 0 Å². The fourth-order valence-corrected chi connectivity index (χ4v) is 2.83. The Bertz CT molecular complexity index is 670. The smallest absolute Gasteiger partial charge is 0.313 e. The highest BCUT2D eigenvalue weighted by molar-refractivity contribution is 6.40. The molecule has 0 atom stereocenters. The van der Waals surface area contributed by atoms with Gasteiger partial charge in [0.1, 0.15) is 0 Å². The van der Waals surface area contributed by atoms with Gasteiger partial charge in [-0.25, -0.2) is 0 Å². The van der Waals surface area contributed by atoms with Crippen molar-refractivity contribution in [2.75, 3.05) is 5.32 Å². The molecule has 1 aliphatic carbocycles. The Hall–Kier alpha value is -2.36. The first kappa shape index (κ1) is 13.6. The maximum Gasteiger partial charge on any atom is 0.313 e. The summed E-state index contributed by atoms with van der Waals surface area (Å²) < 4.78 is 0. The number of nitrogens with one attached hydrogen (secondary N) is 2. The molecule has 2 aromatic carbocycles. The molecule has 4 heteroatoms. The molecule has 0 bridgehead atoms. The van der Waals surface area contributed by atoms with E-state index < -0.39 is 11.8 Å². The van der Waals surface area contributed by atoms with Gasteiger partial charge in [0.15, 0.2) is 0 Å². The van der Waals surface area contributed by atoms with Crippen LogP contribution in [0.3, 0.4) is 0 Å². The van der Waals surface area contributed by atoms with Gasteiger partial charge in [0, 0.05) is 17.1 Å². The second kappa shape index (κ2) is 5.95. The molecule has 1 aliphatic rings. The Balaban J connectivity index is 1.72. The summed E-state index contributed by atoms with van der Waals surface area (Å²) in [6.45, 7) is 0. The van der Waals surface area contributed by atoms with Gasteiger partial charge in [-0.1, -0.05) is 49.2 Å². The van der Waals surface area contributed by atoms with E-state index in [0.717, 1.165) is 36.5 Å². The molecule has 108 valence electrons. The maximum absolute atomic E-state index is 12.0. The van der Waals surface area contributed by atoms with Crippen LogP contribution in [0, 0.1) is 0 Å². The molecular weight excluding hydrogens is 264 g/mol. The second-order valence-corrected chi connectivity index (χ2v) is 5.44. The molecule has 3 rings (SSSR count). The Labute approximate surface area is 123 Å². The minimum absolute atomic E-state index is 0.149. The third kappa shape index (κ3) is 3.05. The molecule has 4 nitrogen and oxygen atoms in total. The standard InChI is InChI=1S/C17H18N2O2/c20-16(18-13-8-2-3-9-13)17(21)19-15-11-5-7-12-6-1-4-10-14(12)15/h1,4-7,10-11,13H,2-3,8-9H2,(H,18,20)(H,19,21). The van der Waals surface area contributed by atoms with Crippen LogP contribution < -0.4 is 10.6 Å². The van der Waals surface area contributed by atoms with Crippen LogP contribution in [-0.2, 0) is 9.59 Å². The molecule has 21 heavy (non-hydrogen) atoms. The highest BCUT2D eigenvalue weighted by atomic mass is 16.2. The molecule has 0 saturated heterocycles. The summed E-state index contributed by atoms with van der Waals surface area (Å²) in [5.74, 6) is -1.15. The molecule has 1 fully saturated rings. The van der Waals surface area contributed by atoms with Crippen LogP contribution in [0.25, 0.3) is 10.8 Å². The van der Waals surface area contributed by atoms with E-state index in [0.29, 0.717) is 5.69 Å². The lowest BCUT2D eigenvalue weighted by Gasteiger charge is -2.12. The van der Waals surface area contributed by atoms with Gasteiger partial charge in [0.05, 0.1) is 0 Å². The third-order valence-corrected chi connectivity index (χ3v) is 3.93. The molecule has 0 spiro atoms. The Kier molecular flexibility index (Phi) is 3.86. The van der Waals surface area contributed by atoms with E-state index in [1.807, 2.05) is 42.5 Å². The van der Waals surface area contributed by atoms with Crippen molar-refractivity contribution >= 4 is 28.3 Å². The zero-order chi connectivity index (χ0) is 14.7. The number of benzene rings is 2. The lowest BCUT2D eigenvalue weighted by Crippen LogP contribution is -2.40. The zero-order valence-electron chi connectivity index (χ0n) is 11.8. The second-order valence-electron chi connectivity index (χ2n) is 5.44. The van der Waals surface area contributed by atoms with Gasteiger partial charge < -0.3 is 10.6 Å². The third-order valence-electron chi connectivity index (χ3n) is 3.93. The van der Waals surface area contributed by atoms with Crippen LogP contribution >= 0.6 is 0 Å². The Morgan fingerprint density at radius 1 is 0.905 bits per heavy atom. The fourth-order valence-electron chi connectivity index (χ4n) is 2.83. The van der Waals surface area contributed by atoms with Crippen LogP contribution in [0.1, 0.15) is 25.7 Å². The number of anilines is 1. The van der Waals surface area contributed by atoms with Gasteiger partial charge in [-0.15, -0.1) is 0 Å². The summed E-state index contributed by atoms with van der Waals surface area (Å²) in [6.07, 6.45) is 4.17. The van der Waals surface area contributed by atoms with Gasteiger partial charge in [-0.05, 0) is 24.3 Å². The number of amides is 2. The Morgan fingerprint density at radius 3 is 2.43 bits per heavy atom. The van der Waals surface area contributed by atoms with Crippen molar-refractivity contribution in [1.29, 1.82) is 0 Å². The predicted molar refractivity (Wildman–Crippen MR) is 83.0 cm³/mol. The fraction of sp³-hybridized carbons (Fsp3) is 0.294. The van der Waals surface area contributed by atoms with Crippen molar-refractivity contribution in [2.24, 2.45) is 0 Å². The number of rotatable bonds is 2. The van der Waals surface area contributed by atoms with Crippen LogP contribution in [0.2, 0.25) is 0 Å². The van der Waals surface area contributed by atoms with E-state index in [9.17, 15) is 9.59 Å². The van der Waals surface area contributed by atoms with Crippen molar-refractivity contribution < 1.29 is 9.59 Å². The van der Waals surface area contributed by atoms with Crippen molar-refractivity contribution in [1.82, 2.24) is 5.32 Å². The highest BCUT2D eigenvalue weighted by Gasteiger charge is 2.21. The number of carbonyl (C=O) groups is 2. The first-order valence-corrected chi connectivity index (χ1v) is 7.33. The van der Waals surface area contributed by atoms with Crippen LogP contribution in [0.15, 0.2) is 42.5 Å². The summed E-state index contributed by atoms with van der Waals surface area (Å²) in [7, 11) is 0. The monoisotopic (exact) mass is 282 g/mol. The van der Waals surface area contributed by atoms with E-state index in [1.165, 1.54) is 0 Å². The van der Waals surface area contributed by atoms with Crippen LogP contribution in [-0.4, -0.2) is 17.9 Å². The van der Waals surface area contributed by atoms with Crippen molar-refractivity contribution in [3.05, 3.63) is 42.5 Å². The highest BCUT2D eigenvalue weighted by Crippen LogP contribution is 2.23. The number of fused-ring (bicyclic) bond motifs is 1. The molecule has 1 saturated carbocycles. The molecule has 2 N–H and O–H groups in total. The molecule has 2 aromatic rings. The lowest BCUT2D eigenvalue weighted by molar-refractivity contribution is -0.136. The topological polar surface area (TPSA) is 58.2 Å². The molecule has 0 heterocycles. The summed E-state index contributed by atoms with van der Waals surface area (Å²) in [6, 6.07) is 13.6. The van der Waals surface area contributed by atoms with Crippen molar-refractivity contribution in [3.8, 4) is 0 Å². The minimum Gasteiger partial charge on any atom is -0.345 e. The normalized spacial score (nSPS) is 15.0. The first-order chi connectivity index (χ1) is 10.2. The van der Waals surface area contributed by atoms with E-state index in [4.69, 9.17) is 0 Å². The van der Waals surface area contributed by atoms with Gasteiger partial charge in [0.2, 0.25) is 0 Å². The lowest BCUT2D eigenvalue weighted by atomic mass is 10.1. The summed E-state index contributed by atoms with van der Waals surface area (Å²) >= 11 is 0. The summed E-state index contributed by atoms with van der Waals surface area (Å²) in [5.41, 5.74) is 0.666. The minimum atomic E-state index is -0.599. The number of hydrogen-bond acceptors (Lipinski definition) is 2. The molecule has 0 aromatic heterocycles. The molecule has 0 radical (unpaired) electrons. The zero-order valence-corrected chi connectivity index (χ0v) is 11.8. The van der Waals surface area contributed by atoms with E-state index in [1.54, 1.807) is 0 Å². The van der Waals surface area contributed by atoms with E-state index in [2.05, 4.69) is 10.6 Å². The van der Waals surface area contributed by atoms with Crippen LogP contribution in [0.5, 0.6) is 0 Å². The maximum atomic E-state index is 12.0. The molecular formula is C17H18N2O2. The Morgan fingerprint density at radius 2 is 1.62 bits per heavy atom. The summed E-state index contributed by atoms with van der Waals surface area (Å²) in [5, 5.41) is 7.47. The number of carbonyl (C=O) groups excluding carboxylic acids is 2. The van der Waals surface area contributed by atoms with Crippen molar-refractivity contribution in [3.63, 3.8) is 0 Å². The summed E-state index contributed by atoms with van der Waals surface area (Å²) in [4.78, 5) is 23.9. The largest absolute Gasteiger partial charge is 0.345 e. The van der Waals surface area contributed by atoms with Crippen LogP contribution in [0.4, 0.5) is 5.69 Å². The van der Waals surface area contributed by atoms with E-state index in [-0.39, 0.29) is 6.04 Å². The number of hydrogen-bond donors (Lipinski definition) is 2. The quantitative estimate of drug-likeness (QED) is 0.832. The van der Waals surface area contributed by atoms with Gasteiger partial charge in [-0.3, -0.25) is 9.59 Å². The average molecular weight is 282 g/mol. The molecule has 2 amide bonds. The van der Waals surface area contributed by atoms with Gasteiger partial charge in [0.25, 0.3) is 0 Å². The van der Waals surface area contributed by atoms with Gasteiger partial charge >= 0.3 is 11.8 Å². The average Bonchev–Trinajstić information content (AvgIpc) is 3.00. The SMILES string of the molecule is O=C(Nc1cccc2ccccc12)C(=O)NC1CCCC1.